The summed E-state index contributed by atoms with van der Waals surface area (Å²) in [5.41, 5.74) is 7.39. The highest BCUT2D eigenvalue weighted by atomic mass is 14.9. The summed E-state index contributed by atoms with van der Waals surface area (Å²) in [6.45, 7) is 0. The highest BCUT2D eigenvalue weighted by molar-refractivity contribution is 6.36. The van der Waals surface area contributed by atoms with Crippen LogP contribution in [0, 0.1) is 0 Å². The summed E-state index contributed by atoms with van der Waals surface area (Å²) in [5.74, 6) is 0. The lowest BCUT2D eigenvalue weighted by Gasteiger charge is -2.18. The molecule has 0 aliphatic heterocycles. The van der Waals surface area contributed by atoms with Crippen LogP contribution in [-0.2, 0) is 0 Å². The van der Waals surface area contributed by atoms with Crippen LogP contribution in [0.5, 0.6) is 0 Å². The third-order valence-electron chi connectivity index (χ3n) is 8.70. The summed E-state index contributed by atoms with van der Waals surface area (Å²) >= 11 is 0. The summed E-state index contributed by atoms with van der Waals surface area (Å²) in [4.78, 5) is 0. The maximum absolute atomic E-state index is 2.53. The zero-order valence-electron chi connectivity index (χ0n) is 22.4. The maximum atomic E-state index is 2.53. The lowest BCUT2D eigenvalue weighted by molar-refractivity contribution is 1.29. The molecule has 0 unspecified atom stereocenters. The SMILES string of the molecule is c1ccc(-c2cc(-c3ccccc3)n3c4cc5ccccc5cc4c4c5ccccc5c5ccccc5c4c23)cc1. The molecule has 0 aliphatic carbocycles. The van der Waals surface area contributed by atoms with E-state index < -0.39 is 0 Å². The van der Waals surface area contributed by atoms with Crippen molar-refractivity contribution in [1.82, 2.24) is 4.40 Å². The van der Waals surface area contributed by atoms with Crippen LogP contribution in [-0.4, -0.2) is 4.40 Å². The number of rotatable bonds is 2. The molecule has 0 N–H and O–H groups in total. The number of pyridine rings is 1. The van der Waals surface area contributed by atoms with Crippen LogP contribution in [0.25, 0.3) is 81.9 Å². The zero-order valence-corrected chi connectivity index (χ0v) is 22.4. The molecule has 0 spiro atoms. The Morgan fingerprint density at radius 1 is 0.366 bits per heavy atom. The molecule has 2 heterocycles. The van der Waals surface area contributed by atoms with Gasteiger partial charge in [0, 0.05) is 21.7 Å². The van der Waals surface area contributed by atoms with E-state index in [4.69, 9.17) is 0 Å². The van der Waals surface area contributed by atoms with Crippen LogP contribution in [0.15, 0.2) is 152 Å². The second-order valence-corrected chi connectivity index (χ2v) is 10.9. The number of hydrogen-bond donors (Lipinski definition) is 0. The molecule has 0 amide bonds. The van der Waals surface area contributed by atoms with Gasteiger partial charge in [0.05, 0.1) is 16.7 Å². The number of fused-ring (bicyclic) bond motifs is 12. The van der Waals surface area contributed by atoms with Gasteiger partial charge >= 0.3 is 0 Å². The van der Waals surface area contributed by atoms with E-state index in [1.165, 1.54) is 81.9 Å². The lowest BCUT2D eigenvalue weighted by Crippen LogP contribution is -1.96. The van der Waals surface area contributed by atoms with Gasteiger partial charge in [-0.2, -0.15) is 0 Å². The van der Waals surface area contributed by atoms with Gasteiger partial charge in [-0.3, -0.25) is 0 Å². The molecule has 0 saturated carbocycles. The largest absolute Gasteiger partial charge is 0.308 e. The first-order valence-corrected chi connectivity index (χ1v) is 14.2. The molecule has 1 nitrogen and oxygen atoms in total. The van der Waals surface area contributed by atoms with Crippen molar-refractivity contribution in [3.63, 3.8) is 0 Å². The van der Waals surface area contributed by atoms with Crippen LogP contribution >= 0.6 is 0 Å². The van der Waals surface area contributed by atoms with Gasteiger partial charge in [0.25, 0.3) is 0 Å². The van der Waals surface area contributed by atoms with E-state index in [-0.39, 0.29) is 0 Å². The molecule has 0 atom stereocenters. The van der Waals surface area contributed by atoms with Crippen LogP contribution in [0.2, 0.25) is 0 Å². The molecular formula is C40H25N. The van der Waals surface area contributed by atoms with Crippen LogP contribution < -0.4 is 0 Å². The first-order valence-electron chi connectivity index (χ1n) is 14.2. The van der Waals surface area contributed by atoms with E-state index in [1.807, 2.05) is 0 Å². The van der Waals surface area contributed by atoms with Crippen molar-refractivity contribution >= 4 is 59.5 Å². The average Bonchev–Trinajstić information content (AvgIpc) is 3.45. The van der Waals surface area contributed by atoms with Crippen LogP contribution in [0.1, 0.15) is 0 Å². The lowest BCUT2D eigenvalue weighted by atomic mass is 9.90. The highest BCUT2D eigenvalue weighted by Crippen LogP contribution is 2.47. The molecule has 9 rings (SSSR count). The van der Waals surface area contributed by atoms with Crippen molar-refractivity contribution in [2.45, 2.75) is 0 Å². The molecule has 7 aromatic carbocycles. The summed E-state index contributed by atoms with van der Waals surface area (Å²) in [5, 5.41) is 11.6. The van der Waals surface area contributed by atoms with Gasteiger partial charge in [-0.1, -0.05) is 133 Å². The Labute approximate surface area is 237 Å². The Morgan fingerprint density at radius 2 is 0.878 bits per heavy atom. The van der Waals surface area contributed by atoms with Crippen molar-refractivity contribution in [1.29, 1.82) is 0 Å². The van der Waals surface area contributed by atoms with Crippen molar-refractivity contribution in [3.05, 3.63) is 152 Å². The van der Waals surface area contributed by atoms with Gasteiger partial charge in [0.15, 0.2) is 0 Å². The van der Waals surface area contributed by atoms with Crippen molar-refractivity contribution in [3.8, 4) is 22.4 Å². The minimum atomic E-state index is 1.21. The fourth-order valence-electron chi connectivity index (χ4n) is 6.95. The van der Waals surface area contributed by atoms with Crippen molar-refractivity contribution in [2.75, 3.05) is 0 Å². The van der Waals surface area contributed by atoms with Gasteiger partial charge in [-0.15, -0.1) is 0 Å². The molecule has 0 fully saturated rings. The molecule has 190 valence electrons. The Hall–Kier alpha value is -5.40. The number of hydrogen-bond acceptors (Lipinski definition) is 0. The topological polar surface area (TPSA) is 4.41 Å². The molecule has 41 heavy (non-hydrogen) atoms. The van der Waals surface area contributed by atoms with Gasteiger partial charge < -0.3 is 4.40 Å². The summed E-state index contributed by atoms with van der Waals surface area (Å²) in [6.07, 6.45) is 0. The Morgan fingerprint density at radius 3 is 1.54 bits per heavy atom. The summed E-state index contributed by atoms with van der Waals surface area (Å²) in [6, 6.07) is 55.5. The van der Waals surface area contributed by atoms with Gasteiger partial charge in [-0.05, 0) is 61.6 Å². The predicted octanol–water partition coefficient (Wildman–Crippen LogP) is 11.0. The molecule has 0 saturated heterocycles. The second-order valence-electron chi connectivity index (χ2n) is 10.9. The van der Waals surface area contributed by atoms with Gasteiger partial charge in [0.2, 0.25) is 0 Å². The molecule has 0 radical (unpaired) electrons. The minimum absolute atomic E-state index is 1.21. The average molecular weight is 520 g/mol. The molecule has 2 aromatic heterocycles. The van der Waals surface area contributed by atoms with E-state index >= 15 is 0 Å². The second kappa shape index (κ2) is 8.55. The molecule has 0 aliphatic rings. The molecule has 1 heteroatoms. The van der Waals surface area contributed by atoms with Crippen LogP contribution in [0.4, 0.5) is 0 Å². The first-order chi connectivity index (χ1) is 20.4. The minimum Gasteiger partial charge on any atom is -0.308 e. The summed E-state index contributed by atoms with van der Waals surface area (Å²) < 4.78 is 2.53. The number of benzene rings is 7. The quantitative estimate of drug-likeness (QED) is 0.158. The van der Waals surface area contributed by atoms with E-state index in [0.29, 0.717) is 0 Å². The van der Waals surface area contributed by atoms with Gasteiger partial charge in [0.1, 0.15) is 0 Å². The highest BCUT2D eigenvalue weighted by Gasteiger charge is 2.22. The van der Waals surface area contributed by atoms with Crippen molar-refractivity contribution < 1.29 is 0 Å². The summed E-state index contributed by atoms with van der Waals surface area (Å²) in [7, 11) is 0. The van der Waals surface area contributed by atoms with Crippen LogP contribution in [0.3, 0.4) is 0 Å². The Balaban J connectivity index is 1.67. The van der Waals surface area contributed by atoms with Gasteiger partial charge in [-0.25, -0.2) is 0 Å². The van der Waals surface area contributed by atoms with E-state index in [9.17, 15) is 0 Å². The molecule has 0 bridgehead atoms. The van der Waals surface area contributed by atoms with E-state index in [0.717, 1.165) is 0 Å². The monoisotopic (exact) mass is 519 g/mol. The molecular weight excluding hydrogens is 494 g/mol. The normalized spacial score (nSPS) is 11.9. The van der Waals surface area contributed by atoms with E-state index in [1.54, 1.807) is 0 Å². The molecule has 9 aromatic rings. The Kier molecular flexibility index (Phi) is 4.67. The fourth-order valence-corrected chi connectivity index (χ4v) is 6.95. The third kappa shape index (κ3) is 3.18. The smallest absolute Gasteiger partial charge is 0.0626 e. The maximum Gasteiger partial charge on any atom is 0.0626 e. The third-order valence-corrected chi connectivity index (χ3v) is 8.70. The first kappa shape index (κ1) is 22.4. The van der Waals surface area contributed by atoms with E-state index in [2.05, 4.69) is 156 Å². The number of nitrogens with zero attached hydrogens (tertiary/aromatic N) is 1. The predicted molar refractivity (Wildman–Crippen MR) is 176 cm³/mol. The zero-order chi connectivity index (χ0) is 26.9. The standard InChI is InChI=1S/C40H25N/c1-3-13-26(14-4-1)34-25-36(27-15-5-2-6-16-27)41-37-24-29-18-8-7-17-28(29)23-35(37)38-32-21-11-9-19-30(32)31-20-10-12-22-33(31)39(38)40(34)41/h1-25H. The Bertz CT molecular complexity index is 2450. The number of aromatic nitrogens is 1. The van der Waals surface area contributed by atoms with Crippen molar-refractivity contribution in [2.24, 2.45) is 0 Å². The fraction of sp³-hybridized carbons (Fsp3) is 0.